The van der Waals surface area contributed by atoms with E-state index < -0.39 is 22.6 Å². The molecule has 9 heteroatoms. The van der Waals surface area contributed by atoms with Crippen LogP contribution in [0.5, 0.6) is 0 Å². The Kier molecular flexibility index (Phi) is 10.8. The number of nitrogens with zero attached hydrogens (tertiary/aromatic N) is 2. The molecule has 1 spiro atoms. The molecule has 0 radical (unpaired) electrons. The summed E-state index contributed by atoms with van der Waals surface area (Å²) in [5.74, 6) is -1.76. The average Bonchev–Trinajstić information content (AvgIpc) is 3.59. The topological polar surface area (TPSA) is 87.1 Å². The number of benzene rings is 1. The molecule has 1 aromatic rings. The number of likely N-dealkylation sites (tertiary alicyclic amines) is 1. The maximum Gasteiger partial charge on any atom is 0.310 e. The molecular weight excluding hydrogens is 548 g/mol. The highest BCUT2D eigenvalue weighted by molar-refractivity contribution is 8.02. The number of thioether (sulfide) groups is 1. The lowest BCUT2D eigenvalue weighted by molar-refractivity contribution is -0.154. The van der Waals surface area contributed by atoms with E-state index in [4.69, 9.17) is 21.4 Å². The number of para-hydroxylation sites is 1. The summed E-state index contributed by atoms with van der Waals surface area (Å²) in [5.41, 5.74) is 0.581. The van der Waals surface area contributed by atoms with E-state index in [9.17, 15) is 14.4 Å². The van der Waals surface area contributed by atoms with Gasteiger partial charge in [0.25, 0.3) is 5.91 Å². The van der Waals surface area contributed by atoms with Crippen LogP contribution in [0.4, 0.5) is 5.69 Å². The summed E-state index contributed by atoms with van der Waals surface area (Å²) in [4.78, 5) is 45.4. The first-order valence-corrected chi connectivity index (χ1v) is 15.7. The van der Waals surface area contributed by atoms with Gasteiger partial charge in [-0.3, -0.25) is 14.4 Å². The molecule has 3 aliphatic heterocycles. The number of hydrogen-bond donors (Lipinski definition) is 1. The number of esters is 1. The fraction of sp³-hybridized carbons (Fsp3) is 0.581. The van der Waals surface area contributed by atoms with E-state index in [0.29, 0.717) is 36.7 Å². The highest BCUT2D eigenvalue weighted by atomic mass is 35.5. The fourth-order valence-corrected chi connectivity index (χ4v) is 9.04. The Balaban J connectivity index is 1.63. The first-order valence-electron chi connectivity index (χ1n) is 14.4. The Labute approximate surface area is 246 Å². The Morgan fingerprint density at radius 3 is 2.65 bits per heavy atom. The van der Waals surface area contributed by atoms with E-state index in [2.05, 4.69) is 13.2 Å². The van der Waals surface area contributed by atoms with E-state index in [1.54, 1.807) is 39.8 Å². The molecule has 3 saturated heterocycles. The number of hydrogen-bond acceptors (Lipinski definition) is 6. The Bertz CT molecular complexity index is 1100. The Morgan fingerprint density at radius 2 is 1.93 bits per heavy atom. The van der Waals surface area contributed by atoms with Crippen molar-refractivity contribution < 1.29 is 24.2 Å². The molecule has 7 nitrogen and oxygen atoms in total. The highest BCUT2D eigenvalue weighted by Gasteiger charge is 2.74. The van der Waals surface area contributed by atoms with Gasteiger partial charge in [0, 0.05) is 24.9 Å². The summed E-state index contributed by atoms with van der Waals surface area (Å²) in [6.07, 6.45) is 10.6. The van der Waals surface area contributed by atoms with Crippen molar-refractivity contribution in [2.75, 3.05) is 31.2 Å². The molecule has 1 N–H and O–H groups in total. The van der Waals surface area contributed by atoms with Gasteiger partial charge in [-0.1, -0.05) is 48.7 Å². The number of carbonyl (C=O) groups is 3. The number of aliphatic hydroxyl groups is 1. The van der Waals surface area contributed by atoms with Crippen LogP contribution in [0.1, 0.15) is 57.8 Å². The number of aliphatic hydroxyl groups excluding tert-OH is 1. The SMILES string of the molecule is C=CCCCCOC(=O)[C@@H]1[C@H]2C(=O)N(CCCCCCO)C(C(=O)N(CC=C)c3ccccc3Cl)C23CC[C@H]1S3. The fourth-order valence-electron chi connectivity index (χ4n) is 6.60. The molecule has 3 fully saturated rings. The smallest absolute Gasteiger partial charge is 0.310 e. The molecule has 3 heterocycles. The van der Waals surface area contributed by atoms with Gasteiger partial charge in [0.05, 0.1) is 33.9 Å². The van der Waals surface area contributed by atoms with Gasteiger partial charge < -0.3 is 19.6 Å². The molecule has 0 aromatic heterocycles. The van der Waals surface area contributed by atoms with E-state index in [0.717, 1.165) is 44.9 Å². The second-order valence-corrected chi connectivity index (χ2v) is 12.9. The third-order valence-electron chi connectivity index (χ3n) is 8.38. The third-order valence-corrected chi connectivity index (χ3v) is 10.7. The summed E-state index contributed by atoms with van der Waals surface area (Å²) in [6.45, 7) is 8.74. The summed E-state index contributed by atoms with van der Waals surface area (Å²) < 4.78 is 5.02. The first kappa shape index (κ1) is 30.7. The number of halogens is 1. The number of unbranched alkanes of at least 4 members (excludes halogenated alkanes) is 5. The second kappa shape index (κ2) is 14.1. The van der Waals surface area contributed by atoms with Gasteiger partial charge in [0.15, 0.2) is 0 Å². The predicted molar refractivity (Wildman–Crippen MR) is 160 cm³/mol. The van der Waals surface area contributed by atoms with E-state index in [-0.39, 0.29) is 36.2 Å². The van der Waals surface area contributed by atoms with Crippen molar-refractivity contribution in [2.45, 2.75) is 73.8 Å². The molecule has 40 heavy (non-hydrogen) atoms. The van der Waals surface area contributed by atoms with Crippen LogP contribution in [0.2, 0.25) is 5.02 Å². The molecule has 2 amide bonds. The molecule has 0 aliphatic carbocycles. The minimum absolute atomic E-state index is 0.0372. The van der Waals surface area contributed by atoms with Crippen LogP contribution in [0, 0.1) is 11.8 Å². The monoisotopic (exact) mass is 588 g/mol. The van der Waals surface area contributed by atoms with Crippen molar-refractivity contribution in [3.05, 3.63) is 54.6 Å². The van der Waals surface area contributed by atoms with E-state index >= 15 is 0 Å². The summed E-state index contributed by atoms with van der Waals surface area (Å²) in [6, 6.07) is 6.50. The van der Waals surface area contributed by atoms with Crippen LogP contribution in [-0.2, 0) is 19.1 Å². The lowest BCUT2D eigenvalue weighted by atomic mass is 9.71. The highest BCUT2D eigenvalue weighted by Crippen LogP contribution is 2.66. The molecule has 0 saturated carbocycles. The minimum atomic E-state index is -0.709. The standard InChI is InChI=1S/C31H41ClN2O5S/c1-3-5-6-13-21-39-30(38)25-24-16-17-31(40-24)26(25)28(36)34(19-11-7-8-12-20-35)27(31)29(37)33(18-4-2)23-15-10-9-14-22(23)32/h3-4,9-10,14-15,24-27,35H,1-2,5-8,11-13,16-21H2/t24-,25+,26+,27?,31?/m1/s1. The van der Waals surface area contributed by atoms with Gasteiger partial charge in [-0.2, -0.15) is 0 Å². The number of fused-ring (bicyclic) bond motifs is 1. The maximum absolute atomic E-state index is 14.5. The summed E-state index contributed by atoms with van der Waals surface area (Å²) >= 11 is 8.18. The van der Waals surface area contributed by atoms with Crippen LogP contribution in [0.25, 0.3) is 0 Å². The van der Waals surface area contributed by atoms with Gasteiger partial charge in [-0.05, 0) is 57.1 Å². The zero-order valence-electron chi connectivity index (χ0n) is 23.1. The second-order valence-electron chi connectivity index (χ2n) is 10.9. The number of allylic oxidation sites excluding steroid dienone is 1. The predicted octanol–water partition coefficient (Wildman–Crippen LogP) is 5.40. The van der Waals surface area contributed by atoms with Gasteiger partial charge in [0.1, 0.15) is 6.04 Å². The number of carbonyl (C=O) groups excluding carboxylic acids is 3. The summed E-state index contributed by atoms with van der Waals surface area (Å²) in [7, 11) is 0. The van der Waals surface area contributed by atoms with E-state index in [1.165, 1.54) is 0 Å². The van der Waals surface area contributed by atoms with Gasteiger partial charge in [-0.15, -0.1) is 24.9 Å². The van der Waals surface area contributed by atoms with Crippen LogP contribution < -0.4 is 4.90 Å². The normalized spacial score (nSPS) is 26.6. The third kappa shape index (κ3) is 6.00. The van der Waals surface area contributed by atoms with Gasteiger partial charge in [-0.25, -0.2) is 0 Å². The summed E-state index contributed by atoms with van der Waals surface area (Å²) in [5, 5.41) is 9.57. The van der Waals surface area contributed by atoms with Crippen LogP contribution in [0.3, 0.4) is 0 Å². The lowest BCUT2D eigenvalue weighted by Crippen LogP contribution is -2.55. The van der Waals surface area contributed by atoms with Crippen LogP contribution >= 0.6 is 23.4 Å². The molecular formula is C31H41ClN2O5S. The first-order chi connectivity index (χ1) is 19.4. The molecule has 4 rings (SSSR count). The Morgan fingerprint density at radius 1 is 1.15 bits per heavy atom. The van der Waals surface area contributed by atoms with Gasteiger partial charge >= 0.3 is 5.97 Å². The molecule has 218 valence electrons. The van der Waals surface area contributed by atoms with E-state index in [1.807, 2.05) is 18.2 Å². The lowest BCUT2D eigenvalue weighted by Gasteiger charge is -2.37. The van der Waals surface area contributed by atoms with Crippen molar-refractivity contribution >= 4 is 46.8 Å². The van der Waals surface area contributed by atoms with Crippen LogP contribution in [0.15, 0.2) is 49.6 Å². The molecule has 2 bridgehead atoms. The number of anilines is 1. The average molecular weight is 589 g/mol. The largest absolute Gasteiger partial charge is 0.465 e. The van der Waals surface area contributed by atoms with Crippen molar-refractivity contribution in [1.29, 1.82) is 0 Å². The number of ether oxygens (including phenoxy) is 1. The van der Waals surface area contributed by atoms with Crippen molar-refractivity contribution in [3.63, 3.8) is 0 Å². The minimum Gasteiger partial charge on any atom is -0.465 e. The molecule has 3 aliphatic rings. The number of amides is 2. The number of rotatable bonds is 16. The van der Waals surface area contributed by atoms with Gasteiger partial charge in [0.2, 0.25) is 5.91 Å². The molecule has 5 atom stereocenters. The Hall–Kier alpha value is -2.29. The molecule has 1 aromatic carbocycles. The van der Waals surface area contributed by atoms with Crippen LogP contribution in [-0.4, -0.2) is 70.1 Å². The maximum atomic E-state index is 14.5. The quantitative estimate of drug-likeness (QED) is 0.158. The molecule has 2 unspecified atom stereocenters. The zero-order valence-corrected chi connectivity index (χ0v) is 24.7. The van der Waals surface area contributed by atoms with Crippen molar-refractivity contribution in [2.24, 2.45) is 11.8 Å². The van der Waals surface area contributed by atoms with Crippen molar-refractivity contribution in [1.82, 2.24) is 4.90 Å². The zero-order chi connectivity index (χ0) is 28.7. The van der Waals surface area contributed by atoms with Crippen molar-refractivity contribution in [3.8, 4) is 0 Å².